The molecule has 0 spiro atoms. The maximum absolute atomic E-state index is 13.8. The zero-order valence-electron chi connectivity index (χ0n) is 12.1. The minimum Gasteiger partial charge on any atom is -0.478 e. The lowest BCUT2D eigenvalue weighted by molar-refractivity contribution is 0.0691. The summed E-state index contributed by atoms with van der Waals surface area (Å²) in [5.41, 5.74) is -0.785. The second-order valence-electron chi connectivity index (χ2n) is 4.79. The number of carboxylic acids is 1. The van der Waals surface area contributed by atoms with E-state index in [9.17, 15) is 13.6 Å². The van der Waals surface area contributed by atoms with Gasteiger partial charge in [-0.1, -0.05) is 11.6 Å². The molecule has 0 radical (unpaired) electrons. The summed E-state index contributed by atoms with van der Waals surface area (Å²) in [6.07, 6.45) is 1.09. The van der Waals surface area contributed by atoms with Gasteiger partial charge in [-0.2, -0.15) is 0 Å². The first-order chi connectivity index (χ1) is 10.8. The van der Waals surface area contributed by atoms with Crippen LogP contribution < -0.4 is 9.47 Å². The van der Waals surface area contributed by atoms with E-state index in [4.69, 9.17) is 26.2 Å². The highest BCUT2D eigenvalue weighted by Crippen LogP contribution is 2.31. The standard InChI is InChI=1S/C15H12ClF2NO4/c1-7(2)22-14-10(16)3-8(6-19-14)23-13-5-11(17)9(15(20)21)4-12(13)18/h3-7H,1-2H3,(H,20,21). The van der Waals surface area contributed by atoms with Gasteiger partial charge in [0.25, 0.3) is 0 Å². The summed E-state index contributed by atoms with van der Waals surface area (Å²) in [6, 6.07) is 2.51. The number of nitrogens with zero attached hydrogens (tertiary/aromatic N) is 1. The fourth-order valence-corrected chi connectivity index (χ4v) is 1.87. The monoisotopic (exact) mass is 343 g/mol. The molecule has 1 N–H and O–H groups in total. The van der Waals surface area contributed by atoms with E-state index >= 15 is 0 Å². The molecular formula is C15H12ClF2NO4. The highest BCUT2D eigenvalue weighted by molar-refractivity contribution is 6.31. The van der Waals surface area contributed by atoms with Crippen molar-refractivity contribution in [3.63, 3.8) is 0 Å². The third kappa shape index (κ3) is 4.07. The number of rotatable bonds is 5. The third-order valence-electron chi connectivity index (χ3n) is 2.61. The Hall–Kier alpha value is -2.41. The zero-order valence-corrected chi connectivity index (χ0v) is 12.9. The van der Waals surface area contributed by atoms with Crippen LogP contribution in [0.25, 0.3) is 0 Å². The fourth-order valence-electron chi connectivity index (χ4n) is 1.67. The number of hydrogen-bond acceptors (Lipinski definition) is 4. The number of halogens is 3. The van der Waals surface area contributed by atoms with Crippen LogP contribution in [0, 0.1) is 11.6 Å². The molecule has 0 bridgehead atoms. The van der Waals surface area contributed by atoms with E-state index in [0.29, 0.717) is 12.1 Å². The van der Waals surface area contributed by atoms with E-state index in [0.717, 1.165) is 0 Å². The Morgan fingerprint density at radius 2 is 1.96 bits per heavy atom. The minimum absolute atomic E-state index is 0.0486. The molecule has 8 heteroatoms. The lowest BCUT2D eigenvalue weighted by Crippen LogP contribution is -2.07. The Bertz CT molecular complexity index is 752. The summed E-state index contributed by atoms with van der Waals surface area (Å²) >= 11 is 5.96. The number of aromatic nitrogens is 1. The van der Waals surface area contributed by atoms with Crippen LogP contribution in [0.1, 0.15) is 24.2 Å². The molecule has 2 rings (SSSR count). The maximum Gasteiger partial charge on any atom is 0.338 e. The van der Waals surface area contributed by atoms with Crippen LogP contribution >= 0.6 is 11.6 Å². The molecule has 0 unspecified atom stereocenters. The molecule has 2 aromatic rings. The highest BCUT2D eigenvalue weighted by atomic mass is 35.5. The molecule has 122 valence electrons. The Balaban J connectivity index is 2.27. The van der Waals surface area contributed by atoms with Crippen LogP contribution in [0.15, 0.2) is 24.4 Å². The maximum atomic E-state index is 13.8. The first-order valence-electron chi connectivity index (χ1n) is 6.50. The SMILES string of the molecule is CC(C)Oc1ncc(Oc2cc(F)c(C(=O)O)cc2F)cc1Cl. The summed E-state index contributed by atoms with van der Waals surface area (Å²) in [7, 11) is 0. The Morgan fingerprint density at radius 3 is 2.52 bits per heavy atom. The predicted molar refractivity (Wildman–Crippen MR) is 78.4 cm³/mol. The summed E-state index contributed by atoms with van der Waals surface area (Å²) in [4.78, 5) is 14.6. The van der Waals surface area contributed by atoms with E-state index in [2.05, 4.69) is 4.98 Å². The molecular weight excluding hydrogens is 332 g/mol. The topological polar surface area (TPSA) is 68.7 Å². The summed E-state index contributed by atoms with van der Waals surface area (Å²) in [6.45, 7) is 3.59. The molecule has 5 nitrogen and oxygen atoms in total. The average Bonchev–Trinajstić information content (AvgIpc) is 2.44. The van der Waals surface area contributed by atoms with Gasteiger partial charge < -0.3 is 14.6 Å². The number of ether oxygens (including phenoxy) is 2. The van der Waals surface area contributed by atoms with Gasteiger partial charge in [-0.3, -0.25) is 0 Å². The van der Waals surface area contributed by atoms with Crippen molar-refractivity contribution in [1.82, 2.24) is 4.98 Å². The van der Waals surface area contributed by atoms with Gasteiger partial charge in [0, 0.05) is 12.1 Å². The normalized spacial score (nSPS) is 10.7. The number of carbonyl (C=O) groups is 1. The number of carboxylic acid groups (broad SMARTS) is 1. The van der Waals surface area contributed by atoms with Crippen molar-refractivity contribution in [1.29, 1.82) is 0 Å². The van der Waals surface area contributed by atoms with Crippen LogP contribution in [0.4, 0.5) is 8.78 Å². The lowest BCUT2D eigenvalue weighted by atomic mass is 10.2. The summed E-state index contributed by atoms with van der Waals surface area (Å²) in [5.74, 6) is -3.97. The van der Waals surface area contributed by atoms with Crippen LogP contribution in [-0.4, -0.2) is 22.2 Å². The minimum atomic E-state index is -1.58. The number of benzene rings is 1. The Labute approximate surface area is 135 Å². The van der Waals surface area contributed by atoms with Crippen LogP contribution in [-0.2, 0) is 0 Å². The van der Waals surface area contributed by atoms with Crippen LogP contribution in [0.2, 0.25) is 5.02 Å². The Morgan fingerprint density at radius 1 is 1.26 bits per heavy atom. The van der Waals surface area contributed by atoms with Gasteiger partial charge in [0.15, 0.2) is 11.6 Å². The molecule has 23 heavy (non-hydrogen) atoms. The molecule has 0 aliphatic rings. The largest absolute Gasteiger partial charge is 0.478 e. The summed E-state index contributed by atoms with van der Waals surface area (Å²) < 4.78 is 37.9. The molecule has 0 amide bonds. The zero-order chi connectivity index (χ0) is 17.1. The van der Waals surface area contributed by atoms with Gasteiger partial charge in [-0.15, -0.1) is 0 Å². The van der Waals surface area contributed by atoms with E-state index in [1.165, 1.54) is 12.3 Å². The van der Waals surface area contributed by atoms with Gasteiger partial charge >= 0.3 is 5.97 Å². The van der Waals surface area contributed by atoms with E-state index in [1.807, 2.05) is 0 Å². The molecule has 1 aromatic heterocycles. The van der Waals surface area contributed by atoms with Gasteiger partial charge in [0.2, 0.25) is 5.88 Å². The molecule has 0 aliphatic heterocycles. The van der Waals surface area contributed by atoms with E-state index < -0.39 is 28.9 Å². The summed E-state index contributed by atoms with van der Waals surface area (Å²) in [5, 5.41) is 8.86. The molecule has 0 atom stereocenters. The second-order valence-corrected chi connectivity index (χ2v) is 5.20. The number of pyridine rings is 1. The third-order valence-corrected chi connectivity index (χ3v) is 2.88. The van der Waals surface area contributed by atoms with Crippen LogP contribution in [0.5, 0.6) is 17.4 Å². The Kier molecular flexibility index (Phi) is 5.00. The molecule has 0 fully saturated rings. The van der Waals surface area contributed by atoms with Crippen molar-refractivity contribution in [2.45, 2.75) is 20.0 Å². The van der Waals surface area contributed by atoms with Crippen molar-refractivity contribution < 1.29 is 28.2 Å². The van der Waals surface area contributed by atoms with Crippen molar-refractivity contribution in [2.24, 2.45) is 0 Å². The number of hydrogen-bond donors (Lipinski definition) is 1. The molecule has 1 heterocycles. The van der Waals surface area contributed by atoms with Gasteiger partial charge in [0.05, 0.1) is 17.9 Å². The van der Waals surface area contributed by atoms with Crippen LogP contribution in [0.3, 0.4) is 0 Å². The lowest BCUT2D eigenvalue weighted by Gasteiger charge is -2.12. The quantitative estimate of drug-likeness (QED) is 0.877. The second kappa shape index (κ2) is 6.78. The molecule has 0 aliphatic carbocycles. The van der Waals surface area contributed by atoms with Gasteiger partial charge in [-0.05, 0) is 19.9 Å². The smallest absolute Gasteiger partial charge is 0.338 e. The van der Waals surface area contributed by atoms with Gasteiger partial charge in [-0.25, -0.2) is 18.6 Å². The van der Waals surface area contributed by atoms with Crippen molar-refractivity contribution in [3.05, 3.63) is 46.6 Å². The van der Waals surface area contributed by atoms with E-state index in [-0.39, 0.29) is 22.8 Å². The first-order valence-corrected chi connectivity index (χ1v) is 6.88. The van der Waals surface area contributed by atoms with Crippen molar-refractivity contribution >= 4 is 17.6 Å². The number of aromatic carboxylic acids is 1. The highest BCUT2D eigenvalue weighted by Gasteiger charge is 2.17. The molecule has 1 aromatic carbocycles. The van der Waals surface area contributed by atoms with Crippen molar-refractivity contribution in [3.8, 4) is 17.4 Å². The average molecular weight is 344 g/mol. The van der Waals surface area contributed by atoms with Crippen molar-refractivity contribution in [2.75, 3.05) is 0 Å². The van der Waals surface area contributed by atoms with Gasteiger partial charge in [0.1, 0.15) is 16.6 Å². The molecule has 0 saturated carbocycles. The molecule has 0 saturated heterocycles. The first kappa shape index (κ1) is 17.0. The fraction of sp³-hybridized carbons (Fsp3) is 0.200. The van der Waals surface area contributed by atoms with E-state index in [1.54, 1.807) is 13.8 Å². The predicted octanol–water partition coefficient (Wildman–Crippen LogP) is 4.29.